The molecule has 0 bridgehead atoms. The minimum Gasteiger partial charge on any atom is -0.333 e. The van der Waals surface area contributed by atoms with Crippen molar-refractivity contribution in [2.24, 2.45) is 0 Å². The fourth-order valence-electron chi connectivity index (χ4n) is 2.87. The van der Waals surface area contributed by atoms with E-state index in [-0.39, 0.29) is 5.91 Å². The summed E-state index contributed by atoms with van der Waals surface area (Å²) < 4.78 is 0. The lowest BCUT2D eigenvalue weighted by Gasteiger charge is -2.43. The van der Waals surface area contributed by atoms with Crippen LogP contribution in [0.5, 0.6) is 0 Å². The number of nitrogens with one attached hydrogen (secondary N) is 2. The highest BCUT2D eigenvalue weighted by atomic mass is 16.2. The number of hydrogen-bond acceptors (Lipinski definition) is 5. The van der Waals surface area contributed by atoms with Gasteiger partial charge in [0.2, 0.25) is 5.82 Å². The third kappa shape index (κ3) is 2.20. The topological polar surface area (TPSA) is 77.2 Å². The van der Waals surface area contributed by atoms with E-state index in [1.807, 2.05) is 4.90 Å². The van der Waals surface area contributed by atoms with Gasteiger partial charge in [-0.1, -0.05) is 0 Å². The molecule has 7 nitrogen and oxygen atoms in total. The Labute approximate surface area is 117 Å². The number of H-pyrrole nitrogens is 1. The first-order valence-corrected chi connectivity index (χ1v) is 7.47. The molecule has 7 heteroatoms. The lowest BCUT2D eigenvalue weighted by atomic mass is 10.1. The molecule has 108 valence electrons. The first-order valence-electron chi connectivity index (χ1n) is 7.47. The van der Waals surface area contributed by atoms with E-state index in [4.69, 9.17) is 0 Å². The molecule has 0 unspecified atom stereocenters. The molecular weight excluding hydrogens is 256 g/mol. The van der Waals surface area contributed by atoms with E-state index in [1.165, 1.54) is 0 Å². The summed E-state index contributed by atoms with van der Waals surface area (Å²) in [5.74, 6) is 1.70. The Morgan fingerprint density at radius 2 is 1.90 bits per heavy atom. The van der Waals surface area contributed by atoms with Gasteiger partial charge in [0.05, 0.1) is 0 Å². The molecule has 1 aliphatic carbocycles. The maximum absolute atomic E-state index is 12.4. The van der Waals surface area contributed by atoms with E-state index in [1.54, 1.807) is 0 Å². The van der Waals surface area contributed by atoms with Crippen molar-refractivity contribution in [2.75, 3.05) is 39.3 Å². The highest BCUT2D eigenvalue weighted by molar-refractivity contribution is 5.90. The van der Waals surface area contributed by atoms with Gasteiger partial charge in [0.1, 0.15) is 5.82 Å². The highest BCUT2D eigenvalue weighted by Gasteiger charge is 2.32. The van der Waals surface area contributed by atoms with Crippen LogP contribution in [0.1, 0.15) is 35.2 Å². The third-order valence-corrected chi connectivity index (χ3v) is 4.54. The second kappa shape index (κ2) is 4.82. The Kier molecular flexibility index (Phi) is 2.96. The monoisotopic (exact) mass is 276 g/mol. The Morgan fingerprint density at radius 1 is 1.15 bits per heavy atom. The number of carbonyl (C=O) groups excluding carboxylic acids is 1. The first-order chi connectivity index (χ1) is 9.81. The molecule has 4 rings (SSSR count). The Morgan fingerprint density at radius 3 is 2.50 bits per heavy atom. The first kappa shape index (κ1) is 12.3. The SMILES string of the molecule is O=C(c1n[nH]c(C2CC2)n1)N1CCN(C2CNC2)CC1. The van der Waals surface area contributed by atoms with E-state index in [2.05, 4.69) is 25.4 Å². The summed E-state index contributed by atoms with van der Waals surface area (Å²) in [5.41, 5.74) is 0. The molecule has 0 spiro atoms. The predicted molar refractivity (Wildman–Crippen MR) is 72.5 cm³/mol. The smallest absolute Gasteiger partial charge is 0.293 e. The molecule has 0 radical (unpaired) electrons. The lowest BCUT2D eigenvalue weighted by molar-refractivity contribution is 0.0492. The number of piperazine rings is 1. The van der Waals surface area contributed by atoms with E-state index in [9.17, 15) is 4.79 Å². The summed E-state index contributed by atoms with van der Waals surface area (Å²) in [6.45, 7) is 5.64. The van der Waals surface area contributed by atoms with E-state index >= 15 is 0 Å². The van der Waals surface area contributed by atoms with Gasteiger partial charge in [0.15, 0.2) is 0 Å². The molecule has 0 atom stereocenters. The molecular formula is C13H20N6O. The van der Waals surface area contributed by atoms with Gasteiger partial charge in [-0.2, -0.15) is 0 Å². The zero-order valence-corrected chi connectivity index (χ0v) is 11.5. The number of aromatic nitrogens is 3. The van der Waals surface area contributed by atoms with E-state index in [0.717, 1.165) is 57.9 Å². The molecule has 0 aromatic carbocycles. The second-order valence-corrected chi connectivity index (χ2v) is 5.96. The van der Waals surface area contributed by atoms with Crippen molar-refractivity contribution in [2.45, 2.75) is 24.8 Å². The van der Waals surface area contributed by atoms with Crippen LogP contribution in [-0.2, 0) is 0 Å². The third-order valence-electron chi connectivity index (χ3n) is 4.54. The van der Waals surface area contributed by atoms with Crippen LogP contribution < -0.4 is 5.32 Å². The minimum atomic E-state index is -0.0282. The molecule has 2 saturated heterocycles. The molecule has 3 aliphatic rings. The number of hydrogen-bond donors (Lipinski definition) is 2. The highest BCUT2D eigenvalue weighted by Crippen LogP contribution is 2.37. The predicted octanol–water partition coefficient (Wildman–Crippen LogP) is -0.588. The minimum absolute atomic E-state index is 0.0282. The van der Waals surface area contributed by atoms with Crippen molar-refractivity contribution in [1.82, 2.24) is 30.3 Å². The molecule has 1 aromatic heterocycles. The van der Waals surface area contributed by atoms with Gasteiger partial charge in [-0.05, 0) is 12.8 Å². The average molecular weight is 276 g/mol. The summed E-state index contributed by atoms with van der Waals surface area (Å²) in [6.07, 6.45) is 2.33. The van der Waals surface area contributed by atoms with Crippen LogP contribution >= 0.6 is 0 Å². The van der Waals surface area contributed by atoms with Gasteiger partial charge in [-0.15, -0.1) is 5.10 Å². The summed E-state index contributed by atoms with van der Waals surface area (Å²) in [6, 6.07) is 0.664. The fourth-order valence-corrected chi connectivity index (χ4v) is 2.87. The van der Waals surface area contributed by atoms with Gasteiger partial charge in [-0.3, -0.25) is 14.8 Å². The molecule has 20 heavy (non-hydrogen) atoms. The van der Waals surface area contributed by atoms with Crippen molar-refractivity contribution in [3.8, 4) is 0 Å². The van der Waals surface area contributed by atoms with Crippen molar-refractivity contribution in [1.29, 1.82) is 0 Å². The summed E-state index contributed by atoms with van der Waals surface area (Å²) in [7, 11) is 0. The number of aromatic amines is 1. The van der Waals surface area contributed by atoms with E-state index < -0.39 is 0 Å². The average Bonchev–Trinajstić information content (AvgIpc) is 3.15. The van der Waals surface area contributed by atoms with Crippen molar-refractivity contribution < 1.29 is 4.79 Å². The van der Waals surface area contributed by atoms with Gasteiger partial charge >= 0.3 is 0 Å². The van der Waals surface area contributed by atoms with E-state index in [0.29, 0.717) is 17.8 Å². The summed E-state index contributed by atoms with van der Waals surface area (Å²) in [4.78, 5) is 21.1. The van der Waals surface area contributed by atoms with Crippen LogP contribution in [0, 0.1) is 0 Å². The second-order valence-electron chi connectivity index (χ2n) is 5.96. The quantitative estimate of drug-likeness (QED) is 0.772. The van der Waals surface area contributed by atoms with Gasteiger partial charge in [0.25, 0.3) is 5.91 Å². The molecule has 2 aliphatic heterocycles. The molecule has 1 amide bonds. The molecule has 1 saturated carbocycles. The zero-order valence-electron chi connectivity index (χ0n) is 11.5. The fraction of sp³-hybridized carbons (Fsp3) is 0.769. The molecule has 3 fully saturated rings. The van der Waals surface area contributed by atoms with Crippen molar-refractivity contribution in [3.63, 3.8) is 0 Å². The maximum atomic E-state index is 12.4. The van der Waals surface area contributed by atoms with Crippen molar-refractivity contribution in [3.05, 3.63) is 11.6 Å². The van der Waals surface area contributed by atoms with Crippen molar-refractivity contribution >= 4 is 5.91 Å². The summed E-state index contributed by atoms with van der Waals surface area (Å²) in [5, 5.41) is 10.3. The zero-order chi connectivity index (χ0) is 13.5. The van der Waals surface area contributed by atoms with Crippen LogP contribution in [0.4, 0.5) is 0 Å². The van der Waals surface area contributed by atoms with Crippen LogP contribution in [0.3, 0.4) is 0 Å². The normalized spacial score (nSPS) is 24.7. The largest absolute Gasteiger partial charge is 0.333 e. The van der Waals surface area contributed by atoms with Gasteiger partial charge in [0, 0.05) is 51.2 Å². The van der Waals surface area contributed by atoms with Gasteiger partial charge in [-0.25, -0.2) is 4.98 Å². The molecule has 1 aromatic rings. The van der Waals surface area contributed by atoms with Crippen LogP contribution in [0.15, 0.2) is 0 Å². The summed E-state index contributed by atoms with van der Waals surface area (Å²) >= 11 is 0. The van der Waals surface area contributed by atoms with Gasteiger partial charge < -0.3 is 10.2 Å². The Balaban J connectivity index is 1.36. The van der Waals surface area contributed by atoms with Crippen LogP contribution in [-0.4, -0.2) is 76.2 Å². The number of rotatable bonds is 3. The number of nitrogens with zero attached hydrogens (tertiary/aromatic N) is 4. The maximum Gasteiger partial charge on any atom is 0.293 e. The number of carbonyl (C=O) groups is 1. The standard InChI is InChI=1S/C13H20N6O/c20-13(12-15-11(16-17-12)9-1-2-9)19-5-3-18(4-6-19)10-7-14-8-10/h9-10,14H,1-8H2,(H,15,16,17). The van der Waals surface area contributed by atoms with Crippen LogP contribution in [0.2, 0.25) is 0 Å². The lowest BCUT2D eigenvalue weighted by Crippen LogP contribution is -2.62. The Bertz CT molecular complexity index is 499. The number of amides is 1. The molecule has 2 N–H and O–H groups in total. The molecule has 3 heterocycles. The Hall–Kier alpha value is -1.47. The van der Waals surface area contributed by atoms with Crippen LogP contribution in [0.25, 0.3) is 0 Å².